The molecule has 0 aromatic heterocycles. The predicted octanol–water partition coefficient (Wildman–Crippen LogP) is 12.4. The summed E-state index contributed by atoms with van der Waals surface area (Å²) in [5, 5.41) is 21.9. The lowest BCUT2D eigenvalue weighted by Gasteiger charge is -2.31. The molecule has 0 fully saturated rings. The summed E-state index contributed by atoms with van der Waals surface area (Å²) in [6.07, 6.45) is 0. The fourth-order valence-corrected chi connectivity index (χ4v) is 18.8. The predicted molar refractivity (Wildman–Crippen MR) is 542 cm³/mol. The average molecular weight is 1720 g/mol. The van der Waals surface area contributed by atoms with Crippen LogP contribution in [0.25, 0.3) is 86.2 Å². The first kappa shape index (κ1) is 104. The summed E-state index contributed by atoms with van der Waals surface area (Å²) in [6, 6.07) is 39.9. The molecule has 24 nitrogen and oxygen atoms in total. The van der Waals surface area contributed by atoms with Gasteiger partial charge >= 0.3 is 0 Å². The van der Waals surface area contributed by atoms with E-state index in [-0.39, 0.29) is 7.43 Å². The Bertz CT molecular complexity index is 4470. The van der Waals surface area contributed by atoms with Crippen molar-refractivity contribution in [2.45, 2.75) is 87.5 Å². The van der Waals surface area contributed by atoms with Crippen molar-refractivity contribution in [2.24, 2.45) is 0 Å². The van der Waals surface area contributed by atoms with E-state index in [9.17, 15) is 0 Å². The van der Waals surface area contributed by atoms with Gasteiger partial charge in [0.1, 0.15) is 0 Å². The number of nitrogens with zero attached hydrogens (tertiary/aromatic N) is 24. The molecule has 0 radical (unpaired) electrons. The molecule has 0 N–H and O–H groups in total. The second-order valence-corrected chi connectivity index (χ2v) is 39.9. The maximum absolute atomic E-state index is 2.58. The second kappa shape index (κ2) is 48.7. The van der Waals surface area contributed by atoms with Crippen LogP contribution in [0.15, 0.2) is 97.1 Å². The van der Waals surface area contributed by atoms with Crippen molar-refractivity contribution in [1.82, 2.24) is 118 Å². The molecule has 0 unspecified atom stereocenters. The van der Waals surface area contributed by atoms with Gasteiger partial charge in [0.2, 0.25) is 0 Å². The molecule has 0 saturated heterocycles. The summed E-state index contributed by atoms with van der Waals surface area (Å²) >= 11 is 0. The van der Waals surface area contributed by atoms with Crippen LogP contribution >= 0.6 is 0 Å². The molecular weight excluding hydrogens is 1550 g/mol. The quantitative estimate of drug-likeness (QED) is 0.0206. The van der Waals surface area contributed by atoms with Crippen LogP contribution in [-0.4, -0.2) is 448 Å². The van der Waals surface area contributed by atoms with E-state index in [1.54, 1.807) is 0 Å². The SMILES string of the molecule is C.CCN(C)CN(Cc1ccc2c3cc(CN(CN(C)C)CN(C)C)cc4c(CN(CN(C)C)CN(C)CC)ccc(c5cc(CN(CN(C)C)CN(C)C)cc1c25)c43)CN(C)C.CCN(C)CN(Cc1ccc2c3ccc(CN(CN(C)C)CN(C)CC)c4cc(CN(CN(C)C)CN(C)C)cc(c5cc(CN(CN(C)C)CN(C)C)cc1c25)c43)CN(C)C. The number of rotatable bonds is 52. The molecule has 10 aromatic carbocycles. The van der Waals surface area contributed by atoms with Gasteiger partial charge in [0.15, 0.2) is 0 Å². The van der Waals surface area contributed by atoms with Crippen molar-refractivity contribution in [2.75, 3.05) is 330 Å². The van der Waals surface area contributed by atoms with E-state index in [1.807, 2.05) is 0 Å². The summed E-state index contributed by atoms with van der Waals surface area (Å²) in [4.78, 5) is 57.7. The molecule has 0 bridgehead atoms. The largest absolute Gasteiger partial charge is 0.297 e. The topological polar surface area (TPSA) is 77.8 Å². The maximum Gasteiger partial charge on any atom is 0.0518 e. The second-order valence-electron chi connectivity index (χ2n) is 39.9. The third kappa shape index (κ3) is 29.9. The third-order valence-electron chi connectivity index (χ3n) is 23.1. The number of hydrogen-bond acceptors (Lipinski definition) is 24. The van der Waals surface area contributed by atoms with Gasteiger partial charge in [0, 0.05) is 52.4 Å². The van der Waals surface area contributed by atoms with E-state index in [2.05, 4.69) is 440 Å². The first-order valence-electron chi connectivity index (χ1n) is 45.4. The number of fused-ring (bicyclic) bond motifs is 4. The van der Waals surface area contributed by atoms with Crippen molar-refractivity contribution in [3.8, 4) is 0 Å². The molecule has 24 heteroatoms. The van der Waals surface area contributed by atoms with Crippen molar-refractivity contribution in [3.63, 3.8) is 0 Å². The van der Waals surface area contributed by atoms with Gasteiger partial charge in [-0.3, -0.25) is 118 Å². The van der Waals surface area contributed by atoms with Gasteiger partial charge in [-0.2, -0.15) is 0 Å². The van der Waals surface area contributed by atoms with Gasteiger partial charge in [0.05, 0.1) is 107 Å². The van der Waals surface area contributed by atoms with Crippen LogP contribution in [0, 0.1) is 0 Å². The fourth-order valence-electron chi connectivity index (χ4n) is 18.8. The molecule has 0 aliphatic carbocycles. The molecule has 0 aliphatic heterocycles. The van der Waals surface area contributed by atoms with E-state index in [4.69, 9.17) is 0 Å². The van der Waals surface area contributed by atoms with Crippen molar-refractivity contribution < 1.29 is 0 Å². The van der Waals surface area contributed by atoms with Gasteiger partial charge in [-0.1, -0.05) is 83.7 Å². The Morgan fingerprint density at radius 3 is 0.448 bits per heavy atom. The summed E-state index contributed by atoms with van der Waals surface area (Å²) in [5.74, 6) is 0. The molecular formula is C101H172N24. The molecule has 0 spiro atoms. The normalized spacial score (nSPS) is 13.1. The molecule has 0 amide bonds. The highest BCUT2D eigenvalue weighted by atomic mass is 15.4. The fraction of sp³-hybridized carbons (Fsp3) is 0.604. The van der Waals surface area contributed by atoms with E-state index in [0.717, 1.165) is 185 Å². The minimum absolute atomic E-state index is 0. The summed E-state index contributed by atoms with van der Waals surface area (Å²) in [6.45, 7) is 34.3. The summed E-state index contributed by atoms with van der Waals surface area (Å²) < 4.78 is 0. The maximum atomic E-state index is 2.58. The van der Waals surface area contributed by atoms with Gasteiger partial charge in [-0.25, -0.2) is 0 Å². The smallest absolute Gasteiger partial charge is 0.0518 e. The van der Waals surface area contributed by atoms with Crippen molar-refractivity contribution >= 4 is 86.2 Å². The molecule has 0 heterocycles. The first-order valence-corrected chi connectivity index (χ1v) is 45.4. The van der Waals surface area contributed by atoms with Crippen LogP contribution in [0.1, 0.15) is 79.6 Å². The van der Waals surface area contributed by atoms with E-state index in [0.29, 0.717) is 0 Å². The van der Waals surface area contributed by atoms with Crippen LogP contribution in [0.2, 0.25) is 0 Å². The minimum Gasteiger partial charge on any atom is -0.297 e. The lowest BCUT2D eigenvalue weighted by atomic mass is 9.85. The van der Waals surface area contributed by atoms with Crippen LogP contribution in [-0.2, 0) is 52.4 Å². The van der Waals surface area contributed by atoms with E-state index < -0.39 is 0 Å². The zero-order valence-electron chi connectivity index (χ0n) is 83.8. The molecule has 0 aliphatic rings. The van der Waals surface area contributed by atoms with Gasteiger partial charge in [0.25, 0.3) is 0 Å². The summed E-state index contributed by atoms with van der Waals surface area (Å²) in [5.41, 5.74) is 11.0. The number of hydrogen-bond donors (Lipinski definition) is 0. The molecule has 10 rings (SSSR count). The lowest BCUT2D eigenvalue weighted by molar-refractivity contribution is 0.101. The first-order chi connectivity index (χ1) is 58.7. The Balaban J connectivity index is 0.000000307. The molecule has 0 atom stereocenters. The van der Waals surface area contributed by atoms with Crippen LogP contribution in [0.3, 0.4) is 0 Å². The Labute approximate surface area is 758 Å². The van der Waals surface area contributed by atoms with Gasteiger partial charge in [-0.05, 0) is 403 Å². The van der Waals surface area contributed by atoms with Gasteiger partial charge in [-0.15, -0.1) is 0 Å². The van der Waals surface area contributed by atoms with Crippen LogP contribution in [0.5, 0.6) is 0 Å². The van der Waals surface area contributed by atoms with Crippen LogP contribution < -0.4 is 0 Å². The molecule has 0 saturated carbocycles. The summed E-state index contributed by atoms with van der Waals surface area (Å²) in [7, 11) is 61.2. The third-order valence-corrected chi connectivity index (χ3v) is 23.1. The Morgan fingerprint density at radius 1 is 0.160 bits per heavy atom. The zero-order valence-corrected chi connectivity index (χ0v) is 83.8. The average Bonchev–Trinajstić information content (AvgIpc) is 0.712. The Morgan fingerprint density at radius 2 is 0.296 bits per heavy atom. The van der Waals surface area contributed by atoms with E-state index >= 15 is 0 Å². The highest BCUT2D eigenvalue weighted by Gasteiger charge is 2.27. The standard InChI is InChI=1S/2C50H84N12.CH4/c1-17-57(15)37-61(35-55(11)12)29-41-19-21-43-48-26-40(28-60(33-53(7)8)34-54(9)10)24-46-42(30-62(36-56(13)14)38-58(16)18-2)20-22-44(50(46)48)47-25-39(23-45(41)49(43)47)27-59(31-51(3)4)32-52(5)6;1-17-57(15)37-61(35-55(11)12)29-41-19-21-43-44-22-20-42(30-62(36-56(13)14)38-58(16)18-2)46-24-40(28-60(33-53(7)8)34-54(9)10)26-48(50(44)46)47-25-39(23-45(41)49(43)47)27-59(31-51(3)4)32-52(5)6;/h2*19-26H,17-18,27-38H2,1-16H3;1H4. The highest BCUT2D eigenvalue weighted by Crippen LogP contribution is 2.47. The Kier molecular flexibility index (Phi) is 40.6. The Hall–Kier alpha value is -6.16. The van der Waals surface area contributed by atoms with Crippen LogP contribution in [0.4, 0.5) is 0 Å². The lowest BCUT2D eigenvalue weighted by Crippen LogP contribution is -2.40. The van der Waals surface area contributed by atoms with Gasteiger partial charge < -0.3 is 0 Å². The monoisotopic (exact) mass is 1720 g/mol. The van der Waals surface area contributed by atoms with Crippen molar-refractivity contribution in [1.29, 1.82) is 0 Å². The highest BCUT2D eigenvalue weighted by molar-refractivity contribution is 6.35. The molecule has 696 valence electrons. The van der Waals surface area contributed by atoms with E-state index in [1.165, 1.54) is 131 Å². The minimum atomic E-state index is 0. The van der Waals surface area contributed by atoms with Crippen molar-refractivity contribution in [3.05, 3.63) is 142 Å². The molecule has 125 heavy (non-hydrogen) atoms. The zero-order chi connectivity index (χ0) is 90.8. The molecule has 10 aromatic rings. The number of benzene rings is 10.